The molecule has 0 amide bonds. The van der Waals surface area contributed by atoms with Gasteiger partial charge in [-0.25, -0.2) is 0 Å². The summed E-state index contributed by atoms with van der Waals surface area (Å²) in [5.41, 5.74) is 2.11. The molecule has 1 aliphatic carbocycles. The highest BCUT2D eigenvalue weighted by atomic mass is 16.5. The van der Waals surface area contributed by atoms with Crippen molar-refractivity contribution in [1.29, 1.82) is 0 Å². The van der Waals surface area contributed by atoms with Gasteiger partial charge in [-0.05, 0) is 31.3 Å². The van der Waals surface area contributed by atoms with Gasteiger partial charge in [-0.15, -0.1) is 0 Å². The van der Waals surface area contributed by atoms with Crippen LogP contribution in [0.5, 0.6) is 0 Å². The van der Waals surface area contributed by atoms with Crippen LogP contribution in [-0.4, -0.2) is 18.3 Å². The smallest absolute Gasteiger partial charge is 0.127 e. The van der Waals surface area contributed by atoms with Gasteiger partial charge in [0.15, 0.2) is 0 Å². The van der Waals surface area contributed by atoms with Crippen LogP contribution in [0.3, 0.4) is 0 Å². The van der Waals surface area contributed by atoms with Gasteiger partial charge in [0.2, 0.25) is 0 Å². The van der Waals surface area contributed by atoms with Crippen LogP contribution in [-0.2, 0) is 4.74 Å². The molecule has 1 heterocycles. The maximum absolute atomic E-state index is 9.35. The summed E-state index contributed by atoms with van der Waals surface area (Å²) in [6.07, 6.45) is 14.6. The summed E-state index contributed by atoms with van der Waals surface area (Å²) >= 11 is 0. The van der Waals surface area contributed by atoms with Crippen LogP contribution in [0.15, 0.2) is 47.3 Å². The number of ether oxygens (including phenoxy) is 1. The number of allylic oxidation sites excluding steroid dienone is 4. The maximum atomic E-state index is 9.35. The van der Waals surface area contributed by atoms with Crippen molar-refractivity contribution in [3.05, 3.63) is 47.3 Å². The summed E-state index contributed by atoms with van der Waals surface area (Å²) in [4.78, 5) is 0. The third kappa shape index (κ3) is 2.64. The zero-order valence-electron chi connectivity index (χ0n) is 9.48. The summed E-state index contributed by atoms with van der Waals surface area (Å²) < 4.78 is 5.76. The van der Waals surface area contributed by atoms with Gasteiger partial charge in [0, 0.05) is 5.57 Å². The number of hydrogen-bond acceptors (Lipinski definition) is 2. The molecule has 0 bridgehead atoms. The van der Waals surface area contributed by atoms with Crippen LogP contribution in [0, 0.1) is 0 Å². The molecule has 2 nitrogen and oxygen atoms in total. The molecule has 0 fully saturated rings. The second-order valence-electron chi connectivity index (χ2n) is 4.06. The molecule has 0 saturated carbocycles. The van der Waals surface area contributed by atoms with Gasteiger partial charge in [0.25, 0.3) is 0 Å². The Morgan fingerprint density at radius 3 is 3.06 bits per heavy atom. The Labute approximate surface area is 96.6 Å². The third-order valence-electron chi connectivity index (χ3n) is 2.85. The van der Waals surface area contributed by atoms with E-state index >= 15 is 0 Å². The molecule has 2 rings (SSSR count). The Hall–Kier alpha value is -1.28. The second-order valence-corrected chi connectivity index (χ2v) is 4.06. The highest BCUT2D eigenvalue weighted by Crippen LogP contribution is 2.26. The van der Waals surface area contributed by atoms with E-state index in [1.54, 1.807) is 0 Å². The Bertz CT molecular complexity index is 359. The predicted molar refractivity (Wildman–Crippen MR) is 64.9 cm³/mol. The first kappa shape index (κ1) is 11.2. The Morgan fingerprint density at radius 2 is 2.19 bits per heavy atom. The second kappa shape index (κ2) is 5.71. The molecular formula is C14H18O2. The Kier molecular flexibility index (Phi) is 4.00. The Morgan fingerprint density at radius 1 is 1.25 bits per heavy atom. The van der Waals surface area contributed by atoms with E-state index in [1.807, 2.05) is 6.08 Å². The van der Waals surface area contributed by atoms with Crippen molar-refractivity contribution in [3.63, 3.8) is 0 Å². The molecular weight excluding hydrogens is 200 g/mol. The molecule has 86 valence electrons. The molecule has 0 unspecified atom stereocenters. The SMILES string of the molecule is OCC1=C(C2=CC=CCCC2)OCCC=C1. The minimum absolute atomic E-state index is 0.0485. The number of hydrogen-bond donors (Lipinski definition) is 1. The molecule has 0 aromatic rings. The quantitative estimate of drug-likeness (QED) is 0.772. The van der Waals surface area contributed by atoms with E-state index in [9.17, 15) is 5.11 Å². The van der Waals surface area contributed by atoms with Crippen molar-refractivity contribution < 1.29 is 9.84 Å². The topological polar surface area (TPSA) is 29.5 Å². The van der Waals surface area contributed by atoms with Gasteiger partial charge in [-0.3, -0.25) is 0 Å². The van der Waals surface area contributed by atoms with E-state index in [-0.39, 0.29) is 6.61 Å². The lowest BCUT2D eigenvalue weighted by molar-refractivity contribution is 0.218. The maximum Gasteiger partial charge on any atom is 0.127 e. The zero-order valence-corrected chi connectivity index (χ0v) is 9.48. The molecule has 0 aromatic carbocycles. The fraction of sp³-hybridized carbons (Fsp3) is 0.429. The molecule has 2 heteroatoms. The summed E-state index contributed by atoms with van der Waals surface area (Å²) in [6, 6.07) is 0. The number of aliphatic hydroxyl groups excluding tert-OH is 1. The van der Waals surface area contributed by atoms with Crippen LogP contribution < -0.4 is 0 Å². The molecule has 0 atom stereocenters. The van der Waals surface area contributed by atoms with E-state index in [0.29, 0.717) is 6.61 Å². The highest BCUT2D eigenvalue weighted by molar-refractivity contribution is 5.39. The zero-order chi connectivity index (χ0) is 11.2. The summed E-state index contributed by atoms with van der Waals surface area (Å²) in [5, 5.41) is 9.35. The number of aliphatic hydroxyl groups is 1. The largest absolute Gasteiger partial charge is 0.493 e. The van der Waals surface area contributed by atoms with E-state index in [1.165, 1.54) is 5.57 Å². The van der Waals surface area contributed by atoms with Gasteiger partial charge in [0.05, 0.1) is 13.2 Å². The van der Waals surface area contributed by atoms with Gasteiger partial charge in [-0.1, -0.05) is 30.4 Å². The minimum atomic E-state index is 0.0485. The summed E-state index contributed by atoms with van der Waals surface area (Å²) in [7, 11) is 0. The average Bonchev–Trinajstić information content (AvgIpc) is 2.70. The average molecular weight is 218 g/mol. The van der Waals surface area contributed by atoms with Crippen molar-refractivity contribution in [2.75, 3.05) is 13.2 Å². The first-order chi connectivity index (χ1) is 7.92. The van der Waals surface area contributed by atoms with Crippen LogP contribution in [0.2, 0.25) is 0 Å². The van der Waals surface area contributed by atoms with E-state index in [2.05, 4.69) is 24.3 Å². The normalized spacial score (nSPS) is 21.2. The molecule has 0 radical (unpaired) electrons. The molecule has 0 saturated heterocycles. The minimum Gasteiger partial charge on any atom is -0.493 e. The first-order valence-electron chi connectivity index (χ1n) is 5.91. The lowest BCUT2D eigenvalue weighted by Crippen LogP contribution is -2.02. The van der Waals surface area contributed by atoms with Crippen molar-refractivity contribution in [2.24, 2.45) is 0 Å². The molecule has 1 N–H and O–H groups in total. The van der Waals surface area contributed by atoms with Gasteiger partial charge >= 0.3 is 0 Å². The highest BCUT2D eigenvalue weighted by Gasteiger charge is 2.13. The standard InChI is InChI=1S/C14H18O2/c15-11-13-9-5-6-10-16-14(13)12-7-3-1-2-4-8-12/h1,3,5,7,9,15H,2,4,6,8,10-11H2. The van der Waals surface area contributed by atoms with Crippen LogP contribution in [0.4, 0.5) is 0 Å². The molecule has 0 spiro atoms. The lowest BCUT2D eigenvalue weighted by atomic mass is 10.0. The predicted octanol–water partition coefficient (Wildman–Crippen LogP) is 2.88. The fourth-order valence-corrected chi connectivity index (χ4v) is 2.01. The van der Waals surface area contributed by atoms with Crippen molar-refractivity contribution >= 4 is 0 Å². The van der Waals surface area contributed by atoms with E-state index < -0.39 is 0 Å². The van der Waals surface area contributed by atoms with Crippen LogP contribution in [0.1, 0.15) is 25.7 Å². The number of rotatable bonds is 2. The molecule has 16 heavy (non-hydrogen) atoms. The van der Waals surface area contributed by atoms with Gasteiger partial charge < -0.3 is 9.84 Å². The summed E-state index contributed by atoms with van der Waals surface area (Å²) in [6.45, 7) is 0.753. The van der Waals surface area contributed by atoms with Crippen LogP contribution in [0.25, 0.3) is 0 Å². The van der Waals surface area contributed by atoms with E-state index in [0.717, 1.165) is 37.0 Å². The van der Waals surface area contributed by atoms with E-state index in [4.69, 9.17) is 4.74 Å². The van der Waals surface area contributed by atoms with Crippen molar-refractivity contribution in [3.8, 4) is 0 Å². The van der Waals surface area contributed by atoms with Crippen molar-refractivity contribution in [1.82, 2.24) is 0 Å². The lowest BCUT2D eigenvalue weighted by Gasteiger charge is -2.14. The first-order valence-corrected chi connectivity index (χ1v) is 5.91. The van der Waals surface area contributed by atoms with Gasteiger partial charge in [-0.2, -0.15) is 0 Å². The molecule has 0 aromatic heterocycles. The summed E-state index contributed by atoms with van der Waals surface area (Å²) in [5.74, 6) is 0.891. The third-order valence-corrected chi connectivity index (χ3v) is 2.85. The van der Waals surface area contributed by atoms with Crippen molar-refractivity contribution in [2.45, 2.75) is 25.7 Å². The van der Waals surface area contributed by atoms with Gasteiger partial charge in [0.1, 0.15) is 5.76 Å². The Balaban J connectivity index is 2.28. The molecule has 2 aliphatic rings. The van der Waals surface area contributed by atoms with Crippen LogP contribution >= 0.6 is 0 Å². The fourth-order valence-electron chi connectivity index (χ4n) is 2.01. The molecule has 1 aliphatic heterocycles. The monoisotopic (exact) mass is 218 g/mol.